The number of hydrogen-bond donors (Lipinski definition) is 1. The molecule has 2 heterocycles. The van der Waals surface area contributed by atoms with Crippen molar-refractivity contribution in [2.24, 2.45) is 0 Å². The molecule has 2 aliphatic rings. The molecule has 1 atom stereocenters. The molecule has 34 heavy (non-hydrogen) atoms. The molecule has 2 aromatic carbocycles. The summed E-state index contributed by atoms with van der Waals surface area (Å²) >= 11 is 0. The van der Waals surface area contributed by atoms with Gasteiger partial charge in [0.15, 0.2) is 11.5 Å². The number of carbonyl (C=O) groups excluding carboxylic acids is 1. The average Bonchev–Trinajstić information content (AvgIpc) is 3.24. The van der Waals surface area contributed by atoms with Crippen molar-refractivity contribution in [1.29, 1.82) is 0 Å². The Balaban J connectivity index is 1.23. The summed E-state index contributed by atoms with van der Waals surface area (Å²) in [7, 11) is 4.93. The molecule has 1 spiro atoms. The zero-order chi connectivity index (χ0) is 24.0. The van der Waals surface area contributed by atoms with Crippen LogP contribution in [0.2, 0.25) is 0 Å². The Morgan fingerprint density at radius 2 is 1.88 bits per heavy atom. The van der Waals surface area contributed by atoms with Crippen LogP contribution in [-0.2, 0) is 17.6 Å². The van der Waals surface area contributed by atoms with Crippen LogP contribution in [0.5, 0.6) is 23.0 Å². The van der Waals surface area contributed by atoms with E-state index in [0.717, 1.165) is 62.4 Å². The number of ether oxygens (including phenoxy) is 4. The number of hydrogen-bond acceptors (Lipinski definition) is 6. The molecular weight excluding hydrogens is 432 g/mol. The highest BCUT2D eigenvalue weighted by atomic mass is 16.5. The molecule has 184 valence electrons. The lowest BCUT2D eigenvalue weighted by Gasteiger charge is -2.42. The summed E-state index contributed by atoms with van der Waals surface area (Å²) in [5.74, 6) is 3.19. The standard InChI is InChI=1S/C27H36N2O5/c1-31-22-8-6-9-23-21(22)18-27(19-34-23)12-7-15-29(27)14-5-4-13-28-26(30)17-20-10-11-24(32-2)25(16-20)33-3/h6,8-11,16H,4-5,7,12-15,17-19H2,1-3H3,(H,28,30). The molecule has 0 bridgehead atoms. The Morgan fingerprint density at radius 1 is 1.06 bits per heavy atom. The van der Waals surface area contributed by atoms with E-state index in [1.807, 2.05) is 36.4 Å². The summed E-state index contributed by atoms with van der Waals surface area (Å²) in [5, 5.41) is 3.05. The third-order valence-electron chi connectivity index (χ3n) is 7.04. The van der Waals surface area contributed by atoms with Gasteiger partial charge >= 0.3 is 0 Å². The lowest BCUT2D eigenvalue weighted by molar-refractivity contribution is -0.120. The first-order valence-electron chi connectivity index (χ1n) is 12.1. The Kier molecular flexibility index (Phi) is 7.83. The predicted molar refractivity (Wildman–Crippen MR) is 131 cm³/mol. The van der Waals surface area contributed by atoms with E-state index < -0.39 is 0 Å². The third kappa shape index (κ3) is 5.25. The van der Waals surface area contributed by atoms with Gasteiger partial charge in [-0.15, -0.1) is 0 Å². The molecule has 1 saturated heterocycles. The summed E-state index contributed by atoms with van der Waals surface area (Å²) in [6.45, 7) is 3.52. The van der Waals surface area contributed by atoms with Gasteiger partial charge in [-0.3, -0.25) is 9.69 Å². The van der Waals surface area contributed by atoms with E-state index in [0.29, 0.717) is 24.5 Å². The number of rotatable bonds is 10. The second-order valence-corrected chi connectivity index (χ2v) is 9.14. The Hall–Kier alpha value is -2.93. The number of methoxy groups -OCH3 is 3. The van der Waals surface area contributed by atoms with Gasteiger partial charge in [0.2, 0.25) is 5.91 Å². The molecule has 0 radical (unpaired) electrons. The highest BCUT2D eigenvalue weighted by Gasteiger charge is 2.44. The third-order valence-corrected chi connectivity index (χ3v) is 7.04. The van der Waals surface area contributed by atoms with E-state index >= 15 is 0 Å². The Labute approximate surface area is 202 Å². The van der Waals surface area contributed by atoms with Crippen LogP contribution in [-0.4, -0.2) is 63.9 Å². The average molecular weight is 469 g/mol. The first-order chi connectivity index (χ1) is 16.6. The van der Waals surface area contributed by atoms with Crippen molar-refractivity contribution in [3.8, 4) is 23.0 Å². The van der Waals surface area contributed by atoms with Gasteiger partial charge in [-0.1, -0.05) is 12.1 Å². The van der Waals surface area contributed by atoms with Gasteiger partial charge in [0.25, 0.3) is 0 Å². The van der Waals surface area contributed by atoms with Gasteiger partial charge in [0.05, 0.1) is 33.3 Å². The number of nitrogens with zero attached hydrogens (tertiary/aromatic N) is 1. The number of likely N-dealkylation sites (tertiary alicyclic amines) is 1. The highest BCUT2D eigenvalue weighted by molar-refractivity contribution is 5.78. The van der Waals surface area contributed by atoms with Gasteiger partial charge in [-0.25, -0.2) is 0 Å². The topological polar surface area (TPSA) is 69.3 Å². The summed E-state index contributed by atoms with van der Waals surface area (Å²) in [5.41, 5.74) is 2.14. The molecule has 7 nitrogen and oxygen atoms in total. The molecule has 1 unspecified atom stereocenters. The predicted octanol–water partition coefficient (Wildman–Crippen LogP) is 3.62. The quantitative estimate of drug-likeness (QED) is 0.537. The number of carbonyl (C=O) groups is 1. The van der Waals surface area contributed by atoms with Crippen LogP contribution in [0.25, 0.3) is 0 Å². The molecule has 4 rings (SSSR count). The SMILES string of the molecule is COc1ccc(CC(=O)NCCCCN2CCCC23COc2cccc(OC)c2C3)cc1OC. The monoisotopic (exact) mass is 468 g/mol. The Morgan fingerprint density at radius 3 is 2.68 bits per heavy atom. The van der Waals surface area contributed by atoms with E-state index in [9.17, 15) is 4.79 Å². The van der Waals surface area contributed by atoms with Gasteiger partial charge in [0, 0.05) is 18.5 Å². The fourth-order valence-electron chi connectivity index (χ4n) is 5.24. The number of nitrogens with one attached hydrogen (secondary N) is 1. The van der Waals surface area contributed by atoms with Crippen molar-refractivity contribution in [1.82, 2.24) is 10.2 Å². The number of fused-ring (bicyclic) bond motifs is 1. The van der Waals surface area contributed by atoms with Crippen LogP contribution >= 0.6 is 0 Å². The molecule has 1 fully saturated rings. The van der Waals surface area contributed by atoms with Crippen molar-refractivity contribution in [2.75, 3.05) is 47.6 Å². The lowest BCUT2D eigenvalue weighted by atomic mass is 9.86. The minimum absolute atomic E-state index is 0.0224. The molecular formula is C27H36N2O5. The van der Waals surface area contributed by atoms with Crippen molar-refractivity contribution >= 4 is 5.91 Å². The minimum atomic E-state index is 0.0224. The first kappa shape index (κ1) is 24.2. The van der Waals surface area contributed by atoms with E-state index in [-0.39, 0.29) is 11.4 Å². The van der Waals surface area contributed by atoms with E-state index in [2.05, 4.69) is 10.2 Å². The van der Waals surface area contributed by atoms with Gasteiger partial charge in [-0.2, -0.15) is 0 Å². The summed E-state index contributed by atoms with van der Waals surface area (Å²) < 4.78 is 22.4. The van der Waals surface area contributed by atoms with Crippen LogP contribution < -0.4 is 24.3 Å². The number of unbranched alkanes of at least 4 members (excludes halogenated alkanes) is 1. The molecule has 0 saturated carbocycles. The first-order valence-corrected chi connectivity index (χ1v) is 12.1. The summed E-state index contributed by atoms with van der Waals surface area (Å²) in [6.07, 6.45) is 5.62. The highest BCUT2D eigenvalue weighted by Crippen LogP contribution is 2.42. The second-order valence-electron chi connectivity index (χ2n) is 9.14. The van der Waals surface area contributed by atoms with E-state index in [1.54, 1.807) is 21.3 Å². The van der Waals surface area contributed by atoms with Gasteiger partial charge in [-0.05, 0) is 68.6 Å². The molecule has 2 aromatic rings. The van der Waals surface area contributed by atoms with Crippen molar-refractivity contribution in [3.05, 3.63) is 47.5 Å². The largest absolute Gasteiger partial charge is 0.496 e. The number of amides is 1. The van der Waals surface area contributed by atoms with Crippen LogP contribution in [0.3, 0.4) is 0 Å². The Bertz CT molecular complexity index is 981. The van der Waals surface area contributed by atoms with Crippen molar-refractivity contribution in [3.63, 3.8) is 0 Å². The van der Waals surface area contributed by atoms with Crippen LogP contribution in [0.4, 0.5) is 0 Å². The zero-order valence-electron chi connectivity index (χ0n) is 20.5. The van der Waals surface area contributed by atoms with Crippen LogP contribution in [0.1, 0.15) is 36.8 Å². The molecule has 2 aliphatic heterocycles. The van der Waals surface area contributed by atoms with Crippen molar-refractivity contribution < 1.29 is 23.7 Å². The van der Waals surface area contributed by atoms with Crippen LogP contribution in [0.15, 0.2) is 36.4 Å². The maximum Gasteiger partial charge on any atom is 0.224 e. The van der Waals surface area contributed by atoms with E-state index in [4.69, 9.17) is 18.9 Å². The normalized spacial score (nSPS) is 19.4. The molecule has 0 aromatic heterocycles. The van der Waals surface area contributed by atoms with Crippen molar-refractivity contribution in [2.45, 2.75) is 44.1 Å². The van der Waals surface area contributed by atoms with E-state index in [1.165, 1.54) is 12.0 Å². The van der Waals surface area contributed by atoms with Gasteiger partial charge in [0.1, 0.15) is 18.1 Å². The second kappa shape index (κ2) is 11.0. The minimum Gasteiger partial charge on any atom is -0.496 e. The molecule has 0 aliphatic carbocycles. The van der Waals surface area contributed by atoms with Gasteiger partial charge < -0.3 is 24.3 Å². The zero-order valence-corrected chi connectivity index (χ0v) is 20.5. The van der Waals surface area contributed by atoms with Crippen LogP contribution in [0, 0.1) is 0 Å². The lowest BCUT2D eigenvalue weighted by Crippen LogP contribution is -2.52. The summed E-state index contributed by atoms with van der Waals surface area (Å²) in [6, 6.07) is 11.6. The fraction of sp³-hybridized carbons (Fsp3) is 0.519. The fourth-order valence-corrected chi connectivity index (χ4v) is 5.24. The molecule has 1 amide bonds. The smallest absolute Gasteiger partial charge is 0.224 e. The molecule has 1 N–H and O–H groups in total. The maximum absolute atomic E-state index is 12.4. The maximum atomic E-state index is 12.4. The molecule has 7 heteroatoms. The number of benzene rings is 2. The summed E-state index contributed by atoms with van der Waals surface area (Å²) in [4.78, 5) is 15.0.